The van der Waals surface area contributed by atoms with E-state index in [4.69, 9.17) is 10.1 Å². The van der Waals surface area contributed by atoms with E-state index in [2.05, 4.69) is 74.3 Å². The number of nitrogens with zero attached hydrogens (tertiary/aromatic N) is 2. The van der Waals surface area contributed by atoms with E-state index in [1.165, 1.54) is 42.4 Å². The van der Waals surface area contributed by atoms with E-state index in [9.17, 15) is 0 Å². The zero-order chi connectivity index (χ0) is 22.8. The van der Waals surface area contributed by atoms with Crippen LogP contribution in [0.2, 0.25) is 0 Å². The molecule has 1 unspecified atom stereocenters. The number of hydrogen-bond acceptors (Lipinski definition) is 4. The summed E-state index contributed by atoms with van der Waals surface area (Å²) in [7, 11) is 0. The smallest absolute Gasteiger partial charge is 0.129 e. The van der Waals surface area contributed by atoms with Gasteiger partial charge in [-0.1, -0.05) is 45.9 Å². The summed E-state index contributed by atoms with van der Waals surface area (Å²) in [5, 5.41) is 12.6. The largest absolute Gasteiger partial charge is 0.396 e. The van der Waals surface area contributed by atoms with Crippen LogP contribution in [0.5, 0.6) is 0 Å². The quantitative estimate of drug-likeness (QED) is 0.594. The van der Waals surface area contributed by atoms with E-state index in [0.717, 1.165) is 44.0 Å². The Hall–Kier alpha value is -1.91. The van der Waals surface area contributed by atoms with Gasteiger partial charge in [-0.25, -0.2) is 4.98 Å². The van der Waals surface area contributed by atoms with Crippen LogP contribution >= 0.6 is 0 Å². The lowest BCUT2D eigenvalue weighted by atomic mass is 9.63. The van der Waals surface area contributed by atoms with E-state index in [1.54, 1.807) is 0 Å². The van der Waals surface area contributed by atoms with E-state index >= 15 is 0 Å². The van der Waals surface area contributed by atoms with E-state index in [0.29, 0.717) is 6.04 Å². The molecular formula is C28H41N3O. The highest BCUT2D eigenvalue weighted by Gasteiger charge is 2.37. The SMILES string of the molecule is CC1(C)CCC(C)(C)c2cc(-c3cccc(N4CCCC(NCCCO)CC4)n3)ccc21. The van der Waals surface area contributed by atoms with Gasteiger partial charge in [-0.3, -0.25) is 0 Å². The monoisotopic (exact) mass is 435 g/mol. The summed E-state index contributed by atoms with van der Waals surface area (Å²) in [6.45, 7) is 12.8. The maximum absolute atomic E-state index is 9.03. The second kappa shape index (κ2) is 9.52. The number of rotatable bonds is 6. The molecule has 174 valence electrons. The minimum Gasteiger partial charge on any atom is -0.396 e. The Labute approximate surface area is 194 Å². The highest BCUT2D eigenvalue weighted by Crippen LogP contribution is 2.46. The number of benzene rings is 1. The summed E-state index contributed by atoms with van der Waals surface area (Å²) >= 11 is 0. The number of pyridine rings is 1. The zero-order valence-corrected chi connectivity index (χ0v) is 20.5. The molecule has 2 aliphatic rings. The van der Waals surface area contributed by atoms with Crippen LogP contribution in [0, 0.1) is 0 Å². The molecule has 2 aromatic rings. The average molecular weight is 436 g/mol. The van der Waals surface area contributed by atoms with Gasteiger partial charge in [-0.05, 0) is 85.2 Å². The summed E-state index contributed by atoms with van der Waals surface area (Å²) in [6, 6.07) is 14.1. The van der Waals surface area contributed by atoms with Crippen LogP contribution < -0.4 is 10.2 Å². The lowest BCUT2D eigenvalue weighted by molar-refractivity contribution is 0.282. The van der Waals surface area contributed by atoms with Crippen LogP contribution in [0.4, 0.5) is 5.82 Å². The van der Waals surface area contributed by atoms with Crippen molar-refractivity contribution < 1.29 is 5.11 Å². The molecule has 0 saturated carbocycles. The third-order valence-corrected chi connectivity index (χ3v) is 7.70. The van der Waals surface area contributed by atoms with Gasteiger partial charge in [0.1, 0.15) is 5.82 Å². The van der Waals surface area contributed by atoms with Gasteiger partial charge in [0.05, 0.1) is 5.69 Å². The predicted molar refractivity (Wildman–Crippen MR) is 135 cm³/mol. The molecule has 1 atom stereocenters. The molecule has 0 amide bonds. The molecule has 1 aliphatic carbocycles. The van der Waals surface area contributed by atoms with Crippen LogP contribution in [-0.2, 0) is 10.8 Å². The predicted octanol–water partition coefficient (Wildman–Crippen LogP) is 5.43. The van der Waals surface area contributed by atoms with Crippen LogP contribution in [0.1, 0.15) is 77.3 Å². The topological polar surface area (TPSA) is 48.4 Å². The first-order valence-electron chi connectivity index (χ1n) is 12.5. The van der Waals surface area contributed by atoms with Crippen molar-refractivity contribution in [2.45, 2.75) is 83.1 Å². The molecular weight excluding hydrogens is 394 g/mol. The fourth-order valence-corrected chi connectivity index (χ4v) is 5.42. The second-order valence-corrected chi connectivity index (χ2v) is 11.1. The molecule has 2 heterocycles. The van der Waals surface area contributed by atoms with Crippen LogP contribution in [0.15, 0.2) is 36.4 Å². The van der Waals surface area contributed by atoms with E-state index in [1.807, 2.05) is 0 Å². The van der Waals surface area contributed by atoms with Gasteiger partial charge in [0.2, 0.25) is 0 Å². The van der Waals surface area contributed by atoms with Crippen molar-refractivity contribution in [3.63, 3.8) is 0 Å². The number of nitrogens with one attached hydrogen (secondary N) is 1. The molecule has 1 aliphatic heterocycles. The molecule has 4 nitrogen and oxygen atoms in total. The molecule has 1 aromatic carbocycles. The summed E-state index contributed by atoms with van der Waals surface area (Å²) in [5.41, 5.74) is 5.75. The Morgan fingerprint density at radius 2 is 1.78 bits per heavy atom. The van der Waals surface area contributed by atoms with Gasteiger partial charge in [-0.15, -0.1) is 0 Å². The summed E-state index contributed by atoms with van der Waals surface area (Å²) in [6.07, 6.45) is 6.79. The Balaban J connectivity index is 1.54. The van der Waals surface area contributed by atoms with Crippen LogP contribution in [0.25, 0.3) is 11.3 Å². The Kier molecular flexibility index (Phi) is 6.92. The first-order chi connectivity index (χ1) is 15.3. The van der Waals surface area contributed by atoms with Gasteiger partial charge >= 0.3 is 0 Å². The number of aromatic nitrogens is 1. The molecule has 1 fully saturated rings. The normalized spacial score (nSPS) is 22.3. The van der Waals surface area contributed by atoms with E-state index < -0.39 is 0 Å². The maximum Gasteiger partial charge on any atom is 0.129 e. The minimum absolute atomic E-state index is 0.210. The maximum atomic E-state index is 9.03. The van der Waals surface area contributed by atoms with Gasteiger partial charge in [0, 0.05) is 31.3 Å². The third kappa shape index (κ3) is 5.02. The van der Waals surface area contributed by atoms with Crippen molar-refractivity contribution in [2.75, 3.05) is 31.1 Å². The van der Waals surface area contributed by atoms with Crippen molar-refractivity contribution in [1.82, 2.24) is 10.3 Å². The lowest BCUT2D eigenvalue weighted by Gasteiger charge is -2.42. The number of anilines is 1. The van der Waals surface area contributed by atoms with Crippen molar-refractivity contribution in [3.05, 3.63) is 47.5 Å². The first kappa shape index (κ1) is 23.3. The van der Waals surface area contributed by atoms with Crippen LogP contribution in [0.3, 0.4) is 0 Å². The fraction of sp³-hybridized carbons (Fsp3) is 0.607. The Bertz CT molecular complexity index is 921. The number of aliphatic hydroxyl groups excluding tert-OH is 1. The third-order valence-electron chi connectivity index (χ3n) is 7.70. The highest BCUT2D eigenvalue weighted by molar-refractivity contribution is 5.65. The molecule has 4 rings (SSSR count). The molecule has 1 aromatic heterocycles. The van der Waals surface area contributed by atoms with E-state index in [-0.39, 0.29) is 17.4 Å². The molecule has 0 bridgehead atoms. The van der Waals surface area contributed by atoms with Crippen molar-refractivity contribution >= 4 is 5.82 Å². The highest BCUT2D eigenvalue weighted by atomic mass is 16.3. The van der Waals surface area contributed by atoms with Gasteiger partial charge < -0.3 is 15.3 Å². The van der Waals surface area contributed by atoms with Gasteiger partial charge in [0.25, 0.3) is 0 Å². The van der Waals surface area contributed by atoms with Crippen molar-refractivity contribution in [2.24, 2.45) is 0 Å². The van der Waals surface area contributed by atoms with Crippen molar-refractivity contribution in [1.29, 1.82) is 0 Å². The number of hydrogen-bond donors (Lipinski definition) is 2. The van der Waals surface area contributed by atoms with Crippen LogP contribution in [-0.4, -0.2) is 42.4 Å². The summed E-state index contributed by atoms with van der Waals surface area (Å²) in [5.74, 6) is 1.09. The van der Waals surface area contributed by atoms with Crippen molar-refractivity contribution in [3.8, 4) is 11.3 Å². The molecule has 0 spiro atoms. The molecule has 0 radical (unpaired) electrons. The van der Waals surface area contributed by atoms with Gasteiger partial charge in [0.15, 0.2) is 0 Å². The summed E-state index contributed by atoms with van der Waals surface area (Å²) < 4.78 is 0. The van der Waals surface area contributed by atoms with Gasteiger partial charge in [-0.2, -0.15) is 0 Å². The molecule has 1 saturated heterocycles. The molecule has 4 heteroatoms. The molecule has 2 N–H and O–H groups in total. The standard InChI is InChI=1S/C28H41N3O/c1-27(2)14-15-28(3,4)24-20-21(11-12-23(24)27)25-9-5-10-26(30-25)31-17-6-8-22(13-18-31)29-16-7-19-32/h5,9-12,20,22,29,32H,6-8,13-19H2,1-4H3. The Morgan fingerprint density at radius 3 is 2.56 bits per heavy atom. The Morgan fingerprint density at radius 1 is 1.00 bits per heavy atom. The lowest BCUT2D eigenvalue weighted by Crippen LogP contribution is -2.33. The molecule has 32 heavy (non-hydrogen) atoms. The average Bonchev–Trinajstić information content (AvgIpc) is 3.03. The second-order valence-electron chi connectivity index (χ2n) is 11.1. The number of fused-ring (bicyclic) bond motifs is 1. The first-order valence-corrected chi connectivity index (χ1v) is 12.5. The summed E-state index contributed by atoms with van der Waals surface area (Å²) in [4.78, 5) is 7.56. The number of aliphatic hydroxyl groups is 1. The fourth-order valence-electron chi connectivity index (χ4n) is 5.42. The minimum atomic E-state index is 0.210. The zero-order valence-electron chi connectivity index (χ0n) is 20.5.